The molecule has 0 fully saturated rings. The quantitative estimate of drug-likeness (QED) is 0.660. The van der Waals surface area contributed by atoms with Gasteiger partial charge in [0.25, 0.3) is 5.91 Å². The van der Waals surface area contributed by atoms with Crippen LogP contribution in [0.3, 0.4) is 0 Å². The van der Waals surface area contributed by atoms with Crippen molar-refractivity contribution >= 4 is 23.2 Å². The molecule has 7 heteroatoms. The number of hydrogen-bond donors (Lipinski definition) is 1. The van der Waals surface area contributed by atoms with Gasteiger partial charge in [-0.1, -0.05) is 30.2 Å². The van der Waals surface area contributed by atoms with Gasteiger partial charge in [-0.2, -0.15) is 0 Å². The van der Waals surface area contributed by atoms with Crippen LogP contribution in [0.25, 0.3) is 11.4 Å². The average molecular weight is 411 g/mol. The molecule has 1 aliphatic rings. The first kappa shape index (κ1) is 19.6. The maximum absolute atomic E-state index is 12.6. The Morgan fingerprint density at radius 2 is 1.97 bits per heavy atom. The van der Waals surface area contributed by atoms with Crippen molar-refractivity contribution in [3.8, 4) is 11.4 Å². The van der Waals surface area contributed by atoms with Gasteiger partial charge in [-0.05, 0) is 48.7 Å². The zero-order chi connectivity index (χ0) is 20.2. The molecule has 6 nitrogen and oxygen atoms in total. The summed E-state index contributed by atoms with van der Waals surface area (Å²) in [6.07, 6.45) is 4.35. The van der Waals surface area contributed by atoms with E-state index >= 15 is 0 Å². The molecule has 0 unspecified atom stereocenters. The van der Waals surface area contributed by atoms with Gasteiger partial charge in [0.15, 0.2) is 5.82 Å². The first-order valence-electron chi connectivity index (χ1n) is 9.77. The van der Waals surface area contributed by atoms with Crippen molar-refractivity contribution in [2.75, 3.05) is 12.4 Å². The Labute approximate surface area is 174 Å². The number of aryl methyl sites for hydroxylation is 1. The van der Waals surface area contributed by atoms with Crippen molar-refractivity contribution in [2.45, 2.75) is 38.8 Å². The molecular weight excluding hydrogens is 388 g/mol. The minimum atomic E-state index is -0.178. The number of fused-ring (bicyclic) bond motifs is 1. The number of carbonyl (C=O) groups excluding carboxylic acids is 1. The Hall–Kier alpha value is -2.70. The summed E-state index contributed by atoms with van der Waals surface area (Å²) in [6, 6.07) is 12.8. The fraction of sp³-hybridized carbons (Fsp3) is 0.318. The van der Waals surface area contributed by atoms with Gasteiger partial charge in [-0.3, -0.25) is 4.79 Å². The molecule has 3 aromatic rings. The van der Waals surface area contributed by atoms with E-state index in [9.17, 15) is 4.79 Å². The lowest BCUT2D eigenvalue weighted by Crippen LogP contribution is -2.12. The Morgan fingerprint density at radius 3 is 2.76 bits per heavy atom. The fourth-order valence-corrected chi connectivity index (χ4v) is 3.78. The number of carbonyl (C=O) groups is 1. The molecule has 1 aliphatic heterocycles. The molecule has 0 aliphatic carbocycles. The number of nitrogens with zero attached hydrogens (tertiary/aromatic N) is 3. The minimum Gasteiger partial charge on any atom is -0.380 e. The maximum Gasteiger partial charge on any atom is 0.255 e. The van der Waals surface area contributed by atoms with Crippen LogP contribution in [0.2, 0.25) is 5.02 Å². The predicted molar refractivity (Wildman–Crippen MR) is 113 cm³/mol. The van der Waals surface area contributed by atoms with Crippen molar-refractivity contribution in [2.24, 2.45) is 0 Å². The number of anilines is 1. The molecule has 2 aromatic carbocycles. The SMILES string of the molecule is COCc1ccc(C(=O)Nc2ccc(Cl)c(-c3nnc4n3CCCCC4)c2)cc1. The maximum atomic E-state index is 12.6. The summed E-state index contributed by atoms with van der Waals surface area (Å²) in [5, 5.41) is 12.3. The molecule has 29 heavy (non-hydrogen) atoms. The van der Waals surface area contributed by atoms with Crippen LogP contribution in [0.4, 0.5) is 5.69 Å². The molecule has 150 valence electrons. The van der Waals surface area contributed by atoms with E-state index in [0.717, 1.165) is 48.6 Å². The summed E-state index contributed by atoms with van der Waals surface area (Å²) in [7, 11) is 1.65. The van der Waals surface area contributed by atoms with E-state index in [1.54, 1.807) is 31.4 Å². The molecule has 0 saturated carbocycles. The van der Waals surface area contributed by atoms with Crippen LogP contribution in [0.5, 0.6) is 0 Å². The normalized spacial score (nSPS) is 13.6. The Kier molecular flexibility index (Phi) is 5.92. The van der Waals surface area contributed by atoms with Crippen molar-refractivity contribution in [1.82, 2.24) is 14.8 Å². The number of amides is 1. The van der Waals surface area contributed by atoms with Gasteiger partial charge >= 0.3 is 0 Å². The monoisotopic (exact) mass is 410 g/mol. The first-order chi connectivity index (χ1) is 14.2. The highest BCUT2D eigenvalue weighted by Gasteiger charge is 2.18. The van der Waals surface area contributed by atoms with Crippen molar-refractivity contribution in [3.05, 3.63) is 64.4 Å². The number of ether oxygens (including phenoxy) is 1. The second kappa shape index (κ2) is 8.76. The average Bonchev–Trinajstić information content (AvgIpc) is 2.98. The number of nitrogens with one attached hydrogen (secondary N) is 1. The first-order valence-corrected chi connectivity index (χ1v) is 10.1. The summed E-state index contributed by atoms with van der Waals surface area (Å²) >= 11 is 6.47. The van der Waals surface area contributed by atoms with Crippen LogP contribution in [0, 0.1) is 0 Å². The molecule has 0 radical (unpaired) electrons. The predicted octanol–water partition coefficient (Wildman–Crippen LogP) is 4.72. The van der Waals surface area contributed by atoms with E-state index in [0.29, 0.717) is 22.9 Å². The Bertz CT molecular complexity index is 1010. The highest BCUT2D eigenvalue weighted by Crippen LogP contribution is 2.31. The third-order valence-electron chi connectivity index (χ3n) is 5.10. The second-order valence-electron chi connectivity index (χ2n) is 7.18. The third-order valence-corrected chi connectivity index (χ3v) is 5.43. The number of hydrogen-bond acceptors (Lipinski definition) is 4. The third kappa shape index (κ3) is 4.33. The summed E-state index contributed by atoms with van der Waals surface area (Å²) in [5.41, 5.74) is 3.05. The van der Waals surface area contributed by atoms with E-state index in [4.69, 9.17) is 16.3 Å². The van der Waals surface area contributed by atoms with Crippen LogP contribution in [0.1, 0.15) is 41.0 Å². The van der Waals surface area contributed by atoms with Crippen LogP contribution in [-0.2, 0) is 24.3 Å². The Balaban J connectivity index is 1.57. The van der Waals surface area contributed by atoms with Crippen molar-refractivity contribution in [3.63, 3.8) is 0 Å². The second-order valence-corrected chi connectivity index (χ2v) is 7.59. The summed E-state index contributed by atoms with van der Waals surface area (Å²) < 4.78 is 7.25. The molecular formula is C22H23ClN4O2. The van der Waals surface area contributed by atoms with Crippen LogP contribution >= 0.6 is 11.6 Å². The van der Waals surface area contributed by atoms with Crippen LogP contribution in [0.15, 0.2) is 42.5 Å². The topological polar surface area (TPSA) is 69.0 Å². The van der Waals surface area contributed by atoms with E-state index in [2.05, 4.69) is 20.1 Å². The molecule has 1 aromatic heterocycles. The smallest absolute Gasteiger partial charge is 0.255 e. The standard InChI is InChI=1S/C22H23ClN4O2/c1-29-14-15-6-8-16(9-7-15)22(28)24-17-10-11-19(23)18(13-17)21-26-25-20-5-3-2-4-12-27(20)21/h6-11,13H,2-5,12,14H2,1H3,(H,24,28). The number of halogens is 1. The number of methoxy groups -OCH3 is 1. The van der Waals surface area contributed by atoms with Gasteiger partial charge in [0.1, 0.15) is 5.82 Å². The summed E-state index contributed by atoms with van der Waals surface area (Å²) in [5.74, 6) is 1.58. The lowest BCUT2D eigenvalue weighted by molar-refractivity contribution is 0.102. The lowest BCUT2D eigenvalue weighted by Gasteiger charge is -2.11. The van der Waals surface area contributed by atoms with Gasteiger partial charge in [0, 0.05) is 36.9 Å². The van der Waals surface area contributed by atoms with Gasteiger partial charge in [0.2, 0.25) is 0 Å². The highest BCUT2D eigenvalue weighted by molar-refractivity contribution is 6.33. The van der Waals surface area contributed by atoms with Gasteiger partial charge in [-0.25, -0.2) is 0 Å². The molecule has 0 saturated heterocycles. The molecule has 1 amide bonds. The molecule has 0 spiro atoms. The van der Waals surface area contributed by atoms with Crippen molar-refractivity contribution in [1.29, 1.82) is 0 Å². The molecule has 2 heterocycles. The molecule has 1 N–H and O–H groups in total. The van der Waals surface area contributed by atoms with E-state index < -0.39 is 0 Å². The summed E-state index contributed by atoms with van der Waals surface area (Å²) in [4.78, 5) is 12.6. The number of benzene rings is 2. The highest BCUT2D eigenvalue weighted by atomic mass is 35.5. The number of aromatic nitrogens is 3. The fourth-order valence-electron chi connectivity index (χ4n) is 3.58. The van der Waals surface area contributed by atoms with Crippen LogP contribution in [-0.4, -0.2) is 27.8 Å². The van der Waals surface area contributed by atoms with Gasteiger partial charge < -0.3 is 14.6 Å². The van der Waals surface area contributed by atoms with Gasteiger partial charge in [-0.15, -0.1) is 10.2 Å². The summed E-state index contributed by atoms with van der Waals surface area (Å²) in [6.45, 7) is 1.41. The van der Waals surface area contributed by atoms with Crippen molar-refractivity contribution < 1.29 is 9.53 Å². The zero-order valence-electron chi connectivity index (χ0n) is 16.3. The van der Waals surface area contributed by atoms with E-state index in [1.165, 1.54) is 6.42 Å². The Morgan fingerprint density at radius 1 is 1.14 bits per heavy atom. The van der Waals surface area contributed by atoms with E-state index in [1.807, 2.05) is 18.2 Å². The molecule has 4 rings (SSSR count). The largest absolute Gasteiger partial charge is 0.380 e. The minimum absolute atomic E-state index is 0.178. The van der Waals surface area contributed by atoms with Gasteiger partial charge in [0.05, 0.1) is 11.6 Å². The van der Waals surface area contributed by atoms with E-state index in [-0.39, 0.29) is 5.91 Å². The van der Waals surface area contributed by atoms with Crippen LogP contribution < -0.4 is 5.32 Å². The molecule has 0 bridgehead atoms. The molecule has 0 atom stereocenters. The zero-order valence-corrected chi connectivity index (χ0v) is 17.1. The number of rotatable bonds is 5. The lowest BCUT2D eigenvalue weighted by atomic mass is 10.1.